The number of Topliss-reactive ketones (excluding diaryl/α,β-unsaturated/α-hetero) is 1. The van der Waals surface area contributed by atoms with E-state index in [0.29, 0.717) is 5.69 Å². The van der Waals surface area contributed by atoms with Crippen molar-refractivity contribution in [1.29, 1.82) is 0 Å². The maximum atomic E-state index is 14.6. The molecule has 29 heavy (non-hydrogen) atoms. The van der Waals surface area contributed by atoms with Gasteiger partial charge in [-0.1, -0.05) is 18.2 Å². The number of nitrogens with zero attached hydrogens (tertiary/aromatic N) is 1. The Morgan fingerprint density at radius 2 is 1.76 bits per heavy atom. The molecule has 0 aromatic heterocycles. The first kappa shape index (κ1) is 21.6. The zero-order valence-electron chi connectivity index (χ0n) is 15.3. The number of rotatable bonds is 7. The van der Waals surface area contributed by atoms with Crippen LogP contribution in [0.2, 0.25) is 0 Å². The lowest BCUT2D eigenvalue weighted by molar-refractivity contribution is -0.388. The summed E-state index contributed by atoms with van der Waals surface area (Å²) in [5.41, 5.74) is -4.41. The second-order valence-electron chi connectivity index (χ2n) is 5.67. The largest absolute Gasteiger partial charge is 0.462 e. The first-order chi connectivity index (χ1) is 13.7. The number of esters is 1. The SMILES string of the molecule is CCOC(=O)C(=CNc1ccccc1)C(=O)c1c(F)c(C)c(F)c(F)c1[N+](=O)[O-]. The molecular formula is C19H15F3N2O5. The van der Waals surface area contributed by atoms with Crippen molar-refractivity contribution in [1.82, 2.24) is 0 Å². The van der Waals surface area contributed by atoms with Gasteiger partial charge in [-0.3, -0.25) is 14.9 Å². The lowest BCUT2D eigenvalue weighted by atomic mass is 9.98. The van der Waals surface area contributed by atoms with Crippen molar-refractivity contribution in [2.24, 2.45) is 0 Å². The zero-order chi connectivity index (χ0) is 21.7. The molecule has 0 amide bonds. The van der Waals surface area contributed by atoms with E-state index in [-0.39, 0.29) is 6.61 Å². The topological polar surface area (TPSA) is 98.5 Å². The smallest absolute Gasteiger partial charge is 0.343 e. The molecule has 0 heterocycles. The van der Waals surface area contributed by atoms with Crippen molar-refractivity contribution in [3.63, 3.8) is 0 Å². The monoisotopic (exact) mass is 408 g/mol. The Labute approximate surface area is 162 Å². The lowest BCUT2D eigenvalue weighted by Crippen LogP contribution is -2.21. The molecule has 0 unspecified atom stereocenters. The summed E-state index contributed by atoms with van der Waals surface area (Å²) in [6.45, 7) is 2.09. The molecule has 10 heteroatoms. The predicted octanol–water partition coefficient (Wildman–Crippen LogP) is 4.06. The van der Waals surface area contributed by atoms with Gasteiger partial charge in [0.1, 0.15) is 17.0 Å². The van der Waals surface area contributed by atoms with Crippen LogP contribution in [0.25, 0.3) is 0 Å². The molecule has 0 aliphatic carbocycles. The van der Waals surface area contributed by atoms with Crippen LogP contribution in [0.1, 0.15) is 22.8 Å². The summed E-state index contributed by atoms with van der Waals surface area (Å²) in [5.74, 6) is -8.20. The third-order valence-corrected chi connectivity index (χ3v) is 3.82. The number of nitrogens with one attached hydrogen (secondary N) is 1. The van der Waals surface area contributed by atoms with Crippen LogP contribution < -0.4 is 5.32 Å². The van der Waals surface area contributed by atoms with Gasteiger partial charge >= 0.3 is 11.7 Å². The van der Waals surface area contributed by atoms with Gasteiger partial charge in [-0.2, -0.15) is 4.39 Å². The number of nitro benzene ring substituents is 1. The number of nitro groups is 1. The molecule has 1 N–H and O–H groups in total. The highest BCUT2D eigenvalue weighted by molar-refractivity contribution is 6.25. The summed E-state index contributed by atoms with van der Waals surface area (Å²) in [7, 11) is 0. The molecule has 2 aromatic carbocycles. The number of hydrogen-bond acceptors (Lipinski definition) is 6. The molecule has 2 aromatic rings. The number of ketones is 1. The summed E-state index contributed by atoms with van der Waals surface area (Å²) in [4.78, 5) is 34.8. The van der Waals surface area contributed by atoms with Crippen LogP contribution in [0.15, 0.2) is 42.1 Å². The van der Waals surface area contributed by atoms with Gasteiger partial charge < -0.3 is 10.1 Å². The molecule has 0 saturated carbocycles. The van der Waals surface area contributed by atoms with E-state index in [1.54, 1.807) is 30.3 Å². The third-order valence-electron chi connectivity index (χ3n) is 3.82. The lowest BCUT2D eigenvalue weighted by Gasteiger charge is -2.11. The highest BCUT2D eigenvalue weighted by atomic mass is 19.2. The number of carbonyl (C=O) groups is 2. The van der Waals surface area contributed by atoms with Gasteiger partial charge in [0.2, 0.25) is 11.6 Å². The molecule has 0 atom stereocenters. The normalized spacial score (nSPS) is 11.1. The number of carbonyl (C=O) groups excluding carboxylic acids is 2. The van der Waals surface area contributed by atoms with Gasteiger partial charge in [0.25, 0.3) is 0 Å². The molecule has 0 saturated heterocycles. The second kappa shape index (κ2) is 9.00. The van der Waals surface area contributed by atoms with E-state index in [0.717, 1.165) is 13.1 Å². The maximum absolute atomic E-state index is 14.6. The fraction of sp³-hybridized carbons (Fsp3) is 0.158. The zero-order valence-corrected chi connectivity index (χ0v) is 15.3. The van der Waals surface area contributed by atoms with Gasteiger partial charge in [-0.15, -0.1) is 0 Å². The quantitative estimate of drug-likeness (QED) is 0.108. The fourth-order valence-corrected chi connectivity index (χ4v) is 2.40. The van der Waals surface area contributed by atoms with Gasteiger partial charge in [0.05, 0.1) is 11.5 Å². The average Bonchev–Trinajstić information content (AvgIpc) is 2.69. The van der Waals surface area contributed by atoms with Crippen LogP contribution in [0.3, 0.4) is 0 Å². The molecule has 0 aliphatic heterocycles. The van der Waals surface area contributed by atoms with Crippen LogP contribution in [0.4, 0.5) is 24.5 Å². The summed E-state index contributed by atoms with van der Waals surface area (Å²) in [5, 5.41) is 13.8. The van der Waals surface area contributed by atoms with Gasteiger partial charge in [0.15, 0.2) is 5.82 Å². The standard InChI is InChI=1S/C19H15F3N2O5/c1-3-29-19(26)12(9-23-11-7-5-4-6-8-11)18(25)13-14(20)10(2)15(21)16(22)17(13)24(27)28/h4-9,23H,3H2,1-2H3. The van der Waals surface area contributed by atoms with Crippen molar-refractivity contribution in [2.75, 3.05) is 11.9 Å². The molecule has 7 nitrogen and oxygen atoms in total. The number of benzene rings is 2. The Bertz CT molecular complexity index is 1010. The second-order valence-corrected chi connectivity index (χ2v) is 5.67. The number of ether oxygens (including phenoxy) is 1. The molecule has 152 valence electrons. The predicted molar refractivity (Wildman–Crippen MR) is 96.8 cm³/mol. The molecule has 0 spiro atoms. The van der Waals surface area contributed by atoms with E-state index < -0.39 is 56.5 Å². The van der Waals surface area contributed by atoms with Crippen molar-refractivity contribution in [2.45, 2.75) is 13.8 Å². The molecule has 2 rings (SSSR count). The number of anilines is 1. The Balaban J connectivity index is 2.65. The Morgan fingerprint density at radius 1 is 1.14 bits per heavy atom. The van der Waals surface area contributed by atoms with Crippen LogP contribution in [-0.2, 0) is 9.53 Å². The average molecular weight is 408 g/mol. The minimum absolute atomic E-state index is 0.157. The Hall–Kier alpha value is -3.69. The maximum Gasteiger partial charge on any atom is 0.343 e. The molecule has 0 fully saturated rings. The van der Waals surface area contributed by atoms with Crippen LogP contribution in [0.5, 0.6) is 0 Å². The minimum Gasteiger partial charge on any atom is -0.462 e. The van der Waals surface area contributed by atoms with E-state index in [9.17, 15) is 32.9 Å². The van der Waals surface area contributed by atoms with Gasteiger partial charge in [-0.25, -0.2) is 13.6 Å². The third kappa shape index (κ3) is 4.42. The number of para-hydroxylation sites is 1. The van der Waals surface area contributed by atoms with Crippen molar-refractivity contribution in [3.8, 4) is 0 Å². The Morgan fingerprint density at radius 3 is 2.31 bits per heavy atom. The molecule has 0 aliphatic rings. The summed E-state index contributed by atoms with van der Waals surface area (Å²) in [6.07, 6.45) is 0.857. The molecular weight excluding hydrogens is 393 g/mol. The number of hydrogen-bond donors (Lipinski definition) is 1. The van der Waals surface area contributed by atoms with E-state index in [1.165, 1.54) is 6.92 Å². The summed E-state index contributed by atoms with van der Waals surface area (Å²) in [6, 6.07) is 8.15. The first-order valence-electron chi connectivity index (χ1n) is 8.25. The highest BCUT2D eigenvalue weighted by Crippen LogP contribution is 2.32. The van der Waals surface area contributed by atoms with Gasteiger partial charge in [0, 0.05) is 17.5 Å². The van der Waals surface area contributed by atoms with Crippen molar-refractivity contribution >= 4 is 23.1 Å². The van der Waals surface area contributed by atoms with E-state index >= 15 is 0 Å². The Kier molecular flexibility index (Phi) is 6.71. The van der Waals surface area contributed by atoms with Gasteiger partial charge in [-0.05, 0) is 26.0 Å². The van der Waals surface area contributed by atoms with Crippen LogP contribution in [-0.4, -0.2) is 23.3 Å². The molecule has 0 bridgehead atoms. The minimum atomic E-state index is -2.00. The summed E-state index contributed by atoms with van der Waals surface area (Å²) < 4.78 is 47.1. The fourth-order valence-electron chi connectivity index (χ4n) is 2.40. The van der Waals surface area contributed by atoms with E-state index in [2.05, 4.69) is 5.32 Å². The highest BCUT2D eigenvalue weighted by Gasteiger charge is 2.37. The first-order valence-corrected chi connectivity index (χ1v) is 8.25. The van der Waals surface area contributed by atoms with Crippen molar-refractivity contribution in [3.05, 3.63) is 80.8 Å². The van der Waals surface area contributed by atoms with Crippen molar-refractivity contribution < 1.29 is 32.4 Å². The van der Waals surface area contributed by atoms with Crippen LogP contribution in [0, 0.1) is 34.5 Å². The number of halogens is 3. The van der Waals surface area contributed by atoms with E-state index in [4.69, 9.17) is 4.74 Å². The van der Waals surface area contributed by atoms with Crippen LogP contribution >= 0.6 is 0 Å². The van der Waals surface area contributed by atoms with E-state index in [1.807, 2.05) is 0 Å². The molecule has 0 radical (unpaired) electrons. The summed E-state index contributed by atoms with van der Waals surface area (Å²) >= 11 is 0.